The number of likely N-dealkylation sites (N-methyl/N-ethyl adjacent to an activating group) is 1. The van der Waals surface area contributed by atoms with Crippen molar-refractivity contribution < 1.29 is 9.59 Å². The topological polar surface area (TPSA) is 62.3 Å². The van der Waals surface area contributed by atoms with Crippen LogP contribution in [0.2, 0.25) is 0 Å². The lowest BCUT2D eigenvalue weighted by molar-refractivity contribution is -0.121. The number of thioether (sulfide) groups is 1. The maximum Gasteiger partial charge on any atom is 0.254 e. The Morgan fingerprint density at radius 3 is 2.80 bits per heavy atom. The van der Waals surface area contributed by atoms with Crippen LogP contribution in [0.15, 0.2) is 23.4 Å². The van der Waals surface area contributed by atoms with E-state index in [0.29, 0.717) is 12.1 Å². The average molecular weight is 295 g/mol. The van der Waals surface area contributed by atoms with Crippen molar-refractivity contribution in [3.63, 3.8) is 0 Å². The molecule has 0 spiro atoms. The Balaban J connectivity index is 2.64. The first-order chi connectivity index (χ1) is 9.58. The van der Waals surface area contributed by atoms with Gasteiger partial charge in [0.15, 0.2) is 0 Å². The van der Waals surface area contributed by atoms with Crippen LogP contribution in [0, 0.1) is 0 Å². The summed E-state index contributed by atoms with van der Waals surface area (Å²) in [5.74, 6) is 0.594. The number of aromatic nitrogens is 1. The summed E-state index contributed by atoms with van der Waals surface area (Å²) in [5.41, 5.74) is 0.557. The van der Waals surface area contributed by atoms with Gasteiger partial charge >= 0.3 is 0 Å². The van der Waals surface area contributed by atoms with Gasteiger partial charge in [0.2, 0.25) is 5.91 Å². The van der Waals surface area contributed by atoms with Crippen LogP contribution in [0.25, 0.3) is 0 Å². The van der Waals surface area contributed by atoms with E-state index in [0.717, 1.165) is 17.2 Å². The highest BCUT2D eigenvalue weighted by molar-refractivity contribution is 7.99. The van der Waals surface area contributed by atoms with Crippen molar-refractivity contribution in [2.45, 2.75) is 25.3 Å². The Morgan fingerprint density at radius 1 is 1.40 bits per heavy atom. The molecule has 0 aromatic carbocycles. The third kappa shape index (κ3) is 5.21. The van der Waals surface area contributed by atoms with Gasteiger partial charge in [-0.2, -0.15) is 0 Å². The molecule has 1 aromatic rings. The number of carbonyl (C=O) groups is 2. The van der Waals surface area contributed by atoms with Crippen LogP contribution in [0.3, 0.4) is 0 Å². The molecule has 1 N–H and O–H groups in total. The molecule has 0 aliphatic carbocycles. The summed E-state index contributed by atoms with van der Waals surface area (Å²) < 4.78 is 0. The molecule has 0 radical (unpaired) electrons. The van der Waals surface area contributed by atoms with Crippen LogP contribution in [0.1, 0.15) is 30.6 Å². The first-order valence-corrected chi connectivity index (χ1v) is 7.68. The molecule has 1 rings (SSSR count). The predicted octanol–water partition coefficient (Wildman–Crippen LogP) is 1.79. The van der Waals surface area contributed by atoms with E-state index in [1.165, 1.54) is 4.90 Å². The van der Waals surface area contributed by atoms with Crippen LogP contribution in [-0.4, -0.2) is 47.6 Å². The van der Waals surface area contributed by atoms with E-state index < -0.39 is 0 Å². The second-order valence-corrected chi connectivity index (χ2v) is 5.61. The van der Waals surface area contributed by atoms with Gasteiger partial charge in [-0.25, -0.2) is 4.98 Å². The van der Waals surface area contributed by atoms with Gasteiger partial charge in [0.05, 0.1) is 11.6 Å². The van der Waals surface area contributed by atoms with Crippen molar-refractivity contribution in [1.82, 2.24) is 15.2 Å². The third-order valence-electron chi connectivity index (χ3n) is 2.57. The largest absolute Gasteiger partial charge is 0.355 e. The molecule has 0 aliphatic heterocycles. The van der Waals surface area contributed by atoms with Crippen molar-refractivity contribution in [1.29, 1.82) is 0 Å². The summed E-state index contributed by atoms with van der Waals surface area (Å²) in [5, 5.41) is 3.57. The van der Waals surface area contributed by atoms with Crippen LogP contribution >= 0.6 is 11.8 Å². The lowest BCUT2D eigenvalue weighted by Crippen LogP contribution is -2.38. The Hall–Kier alpha value is -1.56. The number of hydrogen-bond acceptors (Lipinski definition) is 4. The van der Waals surface area contributed by atoms with Gasteiger partial charge in [0.25, 0.3) is 5.91 Å². The zero-order valence-corrected chi connectivity index (χ0v) is 13.0. The van der Waals surface area contributed by atoms with Crippen molar-refractivity contribution in [3.05, 3.63) is 23.9 Å². The molecule has 20 heavy (non-hydrogen) atoms. The zero-order valence-electron chi connectivity index (χ0n) is 12.2. The van der Waals surface area contributed by atoms with Crippen molar-refractivity contribution in [3.8, 4) is 0 Å². The Bertz CT molecular complexity index is 465. The number of amides is 2. The molecule has 1 aromatic heterocycles. The van der Waals surface area contributed by atoms with Gasteiger partial charge in [-0.05, 0) is 24.3 Å². The predicted molar refractivity (Wildman–Crippen MR) is 80.9 cm³/mol. The number of nitrogens with one attached hydrogen (secondary N) is 1. The first kappa shape index (κ1) is 16.5. The molecule has 0 saturated heterocycles. The highest BCUT2D eigenvalue weighted by Crippen LogP contribution is 2.16. The minimum Gasteiger partial charge on any atom is -0.355 e. The number of hydrogen-bond donors (Lipinski definition) is 1. The fourth-order valence-electron chi connectivity index (χ4n) is 1.60. The van der Waals surface area contributed by atoms with E-state index in [9.17, 15) is 9.59 Å². The van der Waals surface area contributed by atoms with Gasteiger partial charge in [-0.15, -0.1) is 11.8 Å². The quantitative estimate of drug-likeness (QED) is 0.779. The summed E-state index contributed by atoms with van der Waals surface area (Å²) in [6, 6.07) is 3.43. The molecule has 6 heteroatoms. The van der Waals surface area contributed by atoms with Gasteiger partial charge < -0.3 is 10.2 Å². The molecule has 0 aliphatic rings. The summed E-state index contributed by atoms with van der Waals surface area (Å²) in [4.78, 5) is 29.4. The molecular formula is C14H21N3O2S. The number of rotatable bonds is 7. The minimum atomic E-state index is -0.169. The van der Waals surface area contributed by atoms with Crippen LogP contribution in [0.5, 0.6) is 0 Å². The standard InChI is InChI=1S/C14H21N3O2S/c1-4-7-15-12(18)10-17(3)14(19)11-6-8-16-13(9-11)20-5-2/h6,8-9H,4-5,7,10H2,1-3H3,(H,15,18). The molecule has 0 unspecified atom stereocenters. The van der Waals surface area contributed by atoms with E-state index >= 15 is 0 Å². The molecule has 110 valence electrons. The molecule has 0 saturated carbocycles. The summed E-state index contributed by atoms with van der Waals surface area (Å²) in [6.45, 7) is 4.72. The number of pyridine rings is 1. The van der Waals surface area contributed by atoms with Crippen molar-refractivity contribution >= 4 is 23.6 Å². The fraction of sp³-hybridized carbons (Fsp3) is 0.500. The average Bonchev–Trinajstić information content (AvgIpc) is 2.45. The maximum absolute atomic E-state index is 12.2. The normalized spacial score (nSPS) is 10.2. The lowest BCUT2D eigenvalue weighted by Gasteiger charge is -2.17. The first-order valence-electron chi connectivity index (χ1n) is 6.69. The van der Waals surface area contributed by atoms with E-state index in [1.54, 1.807) is 37.1 Å². The summed E-state index contributed by atoms with van der Waals surface area (Å²) >= 11 is 1.58. The van der Waals surface area contributed by atoms with Crippen LogP contribution in [-0.2, 0) is 4.79 Å². The molecule has 0 fully saturated rings. The molecular weight excluding hydrogens is 274 g/mol. The molecule has 0 bridgehead atoms. The second kappa shape index (κ2) is 8.58. The molecule has 0 atom stereocenters. The molecule has 1 heterocycles. The lowest BCUT2D eigenvalue weighted by atomic mass is 10.2. The van der Waals surface area contributed by atoms with Crippen LogP contribution < -0.4 is 5.32 Å². The Kier molecular flexibility index (Phi) is 7.08. The smallest absolute Gasteiger partial charge is 0.254 e. The van der Waals surface area contributed by atoms with Gasteiger partial charge in [0, 0.05) is 25.4 Å². The van der Waals surface area contributed by atoms with E-state index in [-0.39, 0.29) is 18.4 Å². The van der Waals surface area contributed by atoms with Gasteiger partial charge in [0.1, 0.15) is 0 Å². The number of carbonyl (C=O) groups excluding carboxylic acids is 2. The van der Waals surface area contributed by atoms with E-state index in [4.69, 9.17) is 0 Å². The SMILES string of the molecule is CCCNC(=O)CN(C)C(=O)c1ccnc(SCC)c1. The molecule has 2 amide bonds. The second-order valence-electron chi connectivity index (χ2n) is 4.33. The fourth-order valence-corrected chi connectivity index (χ4v) is 2.24. The minimum absolute atomic E-state index is 0.0669. The highest BCUT2D eigenvalue weighted by atomic mass is 32.2. The Labute approximate surface area is 124 Å². The van der Waals surface area contributed by atoms with Crippen LogP contribution in [0.4, 0.5) is 0 Å². The third-order valence-corrected chi connectivity index (χ3v) is 3.38. The highest BCUT2D eigenvalue weighted by Gasteiger charge is 2.15. The maximum atomic E-state index is 12.2. The van der Waals surface area contributed by atoms with Crippen molar-refractivity contribution in [2.24, 2.45) is 0 Å². The van der Waals surface area contributed by atoms with Crippen molar-refractivity contribution in [2.75, 3.05) is 25.9 Å². The summed E-state index contributed by atoms with van der Waals surface area (Å²) in [7, 11) is 1.63. The zero-order chi connectivity index (χ0) is 15.0. The monoisotopic (exact) mass is 295 g/mol. The van der Waals surface area contributed by atoms with Gasteiger partial charge in [-0.3, -0.25) is 9.59 Å². The number of nitrogens with zero attached hydrogens (tertiary/aromatic N) is 2. The van der Waals surface area contributed by atoms with Gasteiger partial charge in [-0.1, -0.05) is 13.8 Å². The van der Waals surface area contributed by atoms with E-state index in [1.807, 2.05) is 13.8 Å². The Morgan fingerprint density at radius 2 is 2.15 bits per heavy atom. The molecule has 5 nitrogen and oxygen atoms in total. The summed E-state index contributed by atoms with van der Waals surface area (Å²) in [6.07, 6.45) is 2.50. The van der Waals surface area contributed by atoms with E-state index in [2.05, 4.69) is 10.3 Å².